The molecule has 0 saturated carbocycles. The SMILES string of the molecule is Cc1cnc(NC(C)(C)CCN)nc1. The summed E-state index contributed by atoms with van der Waals surface area (Å²) in [5.74, 6) is 0.661. The van der Waals surface area contributed by atoms with E-state index >= 15 is 0 Å². The average molecular weight is 194 g/mol. The van der Waals surface area contributed by atoms with Crippen LogP contribution in [0.5, 0.6) is 0 Å². The number of anilines is 1. The zero-order valence-electron chi connectivity index (χ0n) is 9.04. The van der Waals surface area contributed by atoms with Gasteiger partial charge in [-0.25, -0.2) is 9.97 Å². The van der Waals surface area contributed by atoms with Crippen molar-refractivity contribution < 1.29 is 0 Å². The summed E-state index contributed by atoms with van der Waals surface area (Å²) >= 11 is 0. The molecule has 1 rings (SSSR count). The van der Waals surface area contributed by atoms with Gasteiger partial charge >= 0.3 is 0 Å². The Morgan fingerprint density at radius 1 is 1.36 bits per heavy atom. The Bertz CT molecular complexity index is 279. The van der Waals surface area contributed by atoms with E-state index in [1.165, 1.54) is 0 Å². The molecule has 0 spiro atoms. The van der Waals surface area contributed by atoms with E-state index in [-0.39, 0.29) is 5.54 Å². The number of aryl methyl sites for hydroxylation is 1. The predicted molar refractivity (Wildman–Crippen MR) is 58.1 cm³/mol. The van der Waals surface area contributed by atoms with Crippen LogP contribution >= 0.6 is 0 Å². The van der Waals surface area contributed by atoms with Gasteiger partial charge in [0.05, 0.1) is 0 Å². The van der Waals surface area contributed by atoms with E-state index < -0.39 is 0 Å². The van der Waals surface area contributed by atoms with Gasteiger partial charge in [-0.2, -0.15) is 0 Å². The molecule has 1 aromatic rings. The molecule has 4 nitrogen and oxygen atoms in total. The lowest BCUT2D eigenvalue weighted by Gasteiger charge is -2.25. The van der Waals surface area contributed by atoms with Crippen LogP contribution in [0.25, 0.3) is 0 Å². The van der Waals surface area contributed by atoms with E-state index in [0.717, 1.165) is 12.0 Å². The van der Waals surface area contributed by atoms with Gasteiger partial charge < -0.3 is 11.1 Å². The topological polar surface area (TPSA) is 63.8 Å². The molecule has 3 N–H and O–H groups in total. The molecule has 0 radical (unpaired) electrons. The first-order valence-corrected chi connectivity index (χ1v) is 4.80. The normalized spacial score (nSPS) is 11.4. The van der Waals surface area contributed by atoms with Crippen LogP contribution in [0, 0.1) is 6.92 Å². The Hall–Kier alpha value is -1.16. The number of nitrogens with one attached hydrogen (secondary N) is 1. The van der Waals surface area contributed by atoms with Crippen LogP contribution in [0.1, 0.15) is 25.8 Å². The van der Waals surface area contributed by atoms with E-state index in [4.69, 9.17) is 5.73 Å². The highest BCUT2D eigenvalue weighted by Crippen LogP contribution is 2.13. The molecule has 0 saturated heterocycles. The largest absolute Gasteiger partial charge is 0.349 e. The first-order chi connectivity index (χ1) is 6.53. The van der Waals surface area contributed by atoms with Crippen LogP contribution < -0.4 is 11.1 Å². The minimum absolute atomic E-state index is 0.0516. The Morgan fingerprint density at radius 2 is 1.93 bits per heavy atom. The molecular formula is C10H18N4. The van der Waals surface area contributed by atoms with Crippen LogP contribution in [0.15, 0.2) is 12.4 Å². The van der Waals surface area contributed by atoms with Crippen LogP contribution in [-0.4, -0.2) is 22.1 Å². The van der Waals surface area contributed by atoms with Crippen LogP contribution in [0.3, 0.4) is 0 Å². The molecule has 14 heavy (non-hydrogen) atoms. The van der Waals surface area contributed by atoms with E-state index in [1.54, 1.807) is 12.4 Å². The van der Waals surface area contributed by atoms with E-state index in [0.29, 0.717) is 12.5 Å². The smallest absolute Gasteiger partial charge is 0.223 e. The van der Waals surface area contributed by atoms with Crippen molar-refractivity contribution in [3.05, 3.63) is 18.0 Å². The molecule has 0 amide bonds. The zero-order chi connectivity index (χ0) is 10.6. The Morgan fingerprint density at radius 3 is 2.43 bits per heavy atom. The summed E-state index contributed by atoms with van der Waals surface area (Å²) in [6.45, 7) is 6.80. The first-order valence-electron chi connectivity index (χ1n) is 4.80. The van der Waals surface area contributed by atoms with Gasteiger partial charge in [-0.1, -0.05) is 0 Å². The predicted octanol–water partition coefficient (Wildman–Crippen LogP) is 1.32. The summed E-state index contributed by atoms with van der Waals surface area (Å²) < 4.78 is 0. The van der Waals surface area contributed by atoms with E-state index in [2.05, 4.69) is 29.1 Å². The molecule has 0 atom stereocenters. The molecule has 0 aliphatic carbocycles. The summed E-state index contributed by atoms with van der Waals surface area (Å²) in [5.41, 5.74) is 6.52. The van der Waals surface area contributed by atoms with Crippen molar-refractivity contribution in [1.82, 2.24) is 9.97 Å². The monoisotopic (exact) mass is 194 g/mol. The van der Waals surface area contributed by atoms with Gasteiger partial charge in [-0.05, 0) is 39.3 Å². The van der Waals surface area contributed by atoms with E-state index in [1.807, 2.05) is 6.92 Å². The maximum Gasteiger partial charge on any atom is 0.223 e. The Balaban J connectivity index is 2.64. The highest BCUT2D eigenvalue weighted by atomic mass is 15.1. The lowest BCUT2D eigenvalue weighted by molar-refractivity contribution is 0.522. The van der Waals surface area contributed by atoms with Crippen LogP contribution in [0.4, 0.5) is 5.95 Å². The number of hydrogen-bond acceptors (Lipinski definition) is 4. The molecule has 0 unspecified atom stereocenters. The lowest BCUT2D eigenvalue weighted by atomic mass is 10.0. The third-order valence-corrected chi connectivity index (χ3v) is 2.00. The minimum Gasteiger partial charge on any atom is -0.349 e. The van der Waals surface area contributed by atoms with Crippen LogP contribution in [-0.2, 0) is 0 Å². The number of rotatable bonds is 4. The zero-order valence-corrected chi connectivity index (χ0v) is 9.04. The Kier molecular flexibility index (Phi) is 3.41. The van der Waals surface area contributed by atoms with Gasteiger partial charge in [0.2, 0.25) is 5.95 Å². The fourth-order valence-electron chi connectivity index (χ4n) is 1.18. The third-order valence-electron chi connectivity index (χ3n) is 2.00. The molecule has 4 heteroatoms. The molecule has 0 fully saturated rings. The molecule has 1 aromatic heterocycles. The fraction of sp³-hybridized carbons (Fsp3) is 0.600. The molecule has 0 aliphatic heterocycles. The van der Waals surface area contributed by atoms with Crippen molar-refractivity contribution in [3.8, 4) is 0 Å². The molecule has 0 bridgehead atoms. The highest BCUT2D eigenvalue weighted by Gasteiger charge is 2.16. The molecule has 0 aromatic carbocycles. The second-order valence-corrected chi connectivity index (χ2v) is 4.13. The number of nitrogens with two attached hydrogens (primary N) is 1. The van der Waals surface area contributed by atoms with Gasteiger partial charge in [0, 0.05) is 17.9 Å². The number of aromatic nitrogens is 2. The quantitative estimate of drug-likeness (QED) is 0.759. The second-order valence-electron chi connectivity index (χ2n) is 4.13. The van der Waals surface area contributed by atoms with Gasteiger partial charge in [0.25, 0.3) is 0 Å². The Labute approximate surface area is 85.0 Å². The van der Waals surface area contributed by atoms with Gasteiger partial charge in [-0.3, -0.25) is 0 Å². The fourth-order valence-corrected chi connectivity index (χ4v) is 1.18. The summed E-state index contributed by atoms with van der Waals surface area (Å²) in [6.07, 6.45) is 4.49. The van der Waals surface area contributed by atoms with Crippen LogP contribution in [0.2, 0.25) is 0 Å². The van der Waals surface area contributed by atoms with Crippen molar-refractivity contribution in [2.75, 3.05) is 11.9 Å². The summed E-state index contributed by atoms with van der Waals surface area (Å²) in [5, 5.41) is 3.24. The number of hydrogen-bond donors (Lipinski definition) is 2. The maximum absolute atomic E-state index is 5.51. The summed E-state index contributed by atoms with van der Waals surface area (Å²) in [7, 11) is 0. The van der Waals surface area contributed by atoms with Crippen molar-refractivity contribution in [2.24, 2.45) is 5.73 Å². The van der Waals surface area contributed by atoms with Gasteiger partial charge in [0.1, 0.15) is 0 Å². The van der Waals surface area contributed by atoms with Crippen molar-refractivity contribution >= 4 is 5.95 Å². The number of nitrogens with zero attached hydrogens (tertiary/aromatic N) is 2. The summed E-state index contributed by atoms with van der Waals surface area (Å²) in [4.78, 5) is 8.37. The minimum atomic E-state index is -0.0516. The lowest BCUT2D eigenvalue weighted by Crippen LogP contribution is -2.34. The molecule has 0 aliphatic rings. The first kappa shape index (κ1) is 10.9. The van der Waals surface area contributed by atoms with Gasteiger partial charge in [-0.15, -0.1) is 0 Å². The van der Waals surface area contributed by atoms with E-state index in [9.17, 15) is 0 Å². The van der Waals surface area contributed by atoms with Crippen molar-refractivity contribution in [3.63, 3.8) is 0 Å². The average Bonchev–Trinajstić information content (AvgIpc) is 2.08. The standard InChI is InChI=1S/C10H18N4/c1-8-6-12-9(13-7-8)14-10(2,3)4-5-11/h6-7H,4-5,11H2,1-3H3,(H,12,13,14). The molecule has 78 valence electrons. The maximum atomic E-state index is 5.51. The summed E-state index contributed by atoms with van der Waals surface area (Å²) in [6, 6.07) is 0. The highest BCUT2D eigenvalue weighted by molar-refractivity contribution is 5.28. The second kappa shape index (κ2) is 4.37. The van der Waals surface area contributed by atoms with Gasteiger partial charge in [0.15, 0.2) is 0 Å². The molecular weight excluding hydrogens is 176 g/mol. The van der Waals surface area contributed by atoms with Crippen molar-refractivity contribution in [1.29, 1.82) is 0 Å². The van der Waals surface area contributed by atoms with Crippen molar-refractivity contribution in [2.45, 2.75) is 32.7 Å². The third kappa shape index (κ3) is 3.30. The molecule has 1 heterocycles.